The fraction of sp³-hybridized carbons (Fsp3) is 0.692. The van der Waals surface area contributed by atoms with Gasteiger partial charge in [0.2, 0.25) is 0 Å². The molecule has 1 saturated carbocycles. The quantitative estimate of drug-likeness (QED) is 0.735. The predicted molar refractivity (Wildman–Crippen MR) is 61.2 cm³/mol. The third-order valence-corrected chi connectivity index (χ3v) is 4.01. The number of ether oxygens (including phenoxy) is 1. The number of Topliss-reactive ketones (excluding diaryl/α,β-unsaturated/α-hetero) is 1. The van der Waals surface area contributed by atoms with Crippen molar-refractivity contribution in [2.75, 3.05) is 7.11 Å². The van der Waals surface area contributed by atoms with Gasteiger partial charge in [-0.15, -0.1) is 0 Å². The maximum atomic E-state index is 11.7. The summed E-state index contributed by atoms with van der Waals surface area (Å²) in [6.45, 7) is 1.48. The number of methoxy groups -OCH3 is 1. The Hall–Kier alpha value is -1.16. The minimum atomic E-state index is -1.31. The molecule has 4 heteroatoms. The third-order valence-electron chi connectivity index (χ3n) is 4.01. The molecule has 3 aliphatic carbocycles. The van der Waals surface area contributed by atoms with E-state index in [1.54, 1.807) is 6.08 Å². The molecular formula is C13H18O4. The van der Waals surface area contributed by atoms with E-state index in [0.717, 1.165) is 12.8 Å². The van der Waals surface area contributed by atoms with Gasteiger partial charge in [-0.1, -0.05) is 6.08 Å². The van der Waals surface area contributed by atoms with Crippen molar-refractivity contribution in [1.82, 2.24) is 0 Å². The van der Waals surface area contributed by atoms with Crippen LogP contribution >= 0.6 is 0 Å². The van der Waals surface area contributed by atoms with Gasteiger partial charge in [-0.25, -0.2) is 4.79 Å². The highest BCUT2D eigenvalue weighted by atomic mass is 16.5. The molecular weight excluding hydrogens is 220 g/mol. The van der Waals surface area contributed by atoms with Crippen molar-refractivity contribution in [3.8, 4) is 0 Å². The van der Waals surface area contributed by atoms with Crippen molar-refractivity contribution in [2.45, 2.75) is 38.2 Å². The van der Waals surface area contributed by atoms with Gasteiger partial charge in [0.15, 0.2) is 0 Å². The Balaban J connectivity index is 2.45. The molecule has 0 heterocycles. The molecule has 0 aliphatic heterocycles. The standard InChI is InChI=1S/C13H18O4/c1-8(14)10-6-9-4-3-5-13(10,16)11(7-9)12(15)17-2/h7,9-10,16H,3-6H2,1-2H3/t9-,10?,13-/m1/s1. The largest absolute Gasteiger partial charge is 0.466 e. The number of rotatable bonds is 2. The van der Waals surface area contributed by atoms with Crippen LogP contribution in [-0.2, 0) is 14.3 Å². The van der Waals surface area contributed by atoms with Crippen LogP contribution in [0.2, 0.25) is 0 Å². The molecule has 0 saturated heterocycles. The lowest BCUT2D eigenvalue weighted by Gasteiger charge is -2.38. The zero-order valence-corrected chi connectivity index (χ0v) is 10.2. The zero-order valence-electron chi connectivity index (χ0n) is 10.2. The van der Waals surface area contributed by atoms with Crippen LogP contribution in [0.1, 0.15) is 32.6 Å². The first-order valence-corrected chi connectivity index (χ1v) is 6.02. The maximum Gasteiger partial charge on any atom is 0.336 e. The Morgan fingerprint density at radius 1 is 1.53 bits per heavy atom. The normalized spacial score (nSPS) is 36.1. The van der Waals surface area contributed by atoms with E-state index in [4.69, 9.17) is 4.74 Å². The fourth-order valence-corrected chi connectivity index (χ4v) is 3.13. The minimum absolute atomic E-state index is 0.0473. The molecule has 0 aromatic rings. The molecule has 1 fully saturated rings. The van der Waals surface area contributed by atoms with Crippen LogP contribution in [0, 0.1) is 11.8 Å². The number of aliphatic hydroxyl groups is 1. The van der Waals surface area contributed by atoms with Gasteiger partial charge in [-0.3, -0.25) is 4.79 Å². The molecule has 0 spiro atoms. The number of allylic oxidation sites excluding steroid dienone is 1. The summed E-state index contributed by atoms with van der Waals surface area (Å²) in [7, 11) is 1.30. The van der Waals surface area contributed by atoms with Crippen LogP contribution in [0.5, 0.6) is 0 Å². The molecule has 1 N–H and O–H groups in total. The summed E-state index contributed by atoms with van der Waals surface area (Å²) in [5.41, 5.74) is -1.03. The molecule has 2 bridgehead atoms. The van der Waals surface area contributed by atoms with E-state index in [2.05, 4.69) is 0 Å². The second-order valence-electron chi connectivity index (χ2n) is 5.05. The molecule has 0 radical (unpaired) electrons. The van der Waals surface area contributed by atoms with E-state index in [-0.39, 0.29) is 17.3 Å². The van der Waals surface area contributed by atoms with Gasteiger partial charge in [-0.05, 0) is 38.5 Å². The summed E-state index contributed by atoms with van der Waals surface area (Å²) >= 11 is 0. The van der Waals surface area contributed by atoms with Crippen molar-refractivity contribution in [1.29, 1.82) is 0 Å². The average Bonchev–Trinajstić information content (AvgIpc) is 2.55. The summed E-state index contributed by atoms with van der Waals surface area (Å²) in [4.78, 5) is 23.4. The first-order chi connectivity index (χ1) is 7.99. The highest BCUT2D eigenvalue weighted by molar-refractivity contribution is 5.93. The summed E-state index contributed by atoms with van der Waals surface area (Å²) in [6, 6.07) is 0. The molecule has 4 nitrogen and oxygen atoms in total. The second-order valence-corrected chi connectivity index (χ2v) is 5.05. The van der Waals surface area contributed by atoms with E-state index in [0.29, 0.717) is 12.8 Å². The third kappa shape index (κ3) is 1.90. The van der Waals surface area contributed by atoms with Crippen LogP contribution in [0.15, 0.2) is 11.6 Å². The van der Waals surface area contributed by atoms with Gasteiger partial charge >= 0.3 is 5.97 Å². The van der Waals surface area contributed by atoms with Gasteiger partial charge in [0, 0.05) is 0 Å². The van der Waals surface area contributed by atoms with Gasteiger partial charge in [0.1, 0.15) is 11.4 Å². The van der Waals surface area contributed by atoms with Gasteiger partial charge in [-0.2, -0.15) is 0 Å². The molecule has 1 unspecified atom stereocenters. The van der Waals surface area contributed by atoms with Gasteiger partial charge < -0.3 is 9.84 Å². The molecule has 94 valence electrons. The molecule has 0 amide bonds. The number of ketones is 1. The minimum Gasteiger partial charge on any atom is -0.466 e. The number of carbonyl (C=O) groups excluding carboxylic acids is 2. The summed E-state index contributed by atoms with van der Waals surface area (Å²) < 4.78 is 4.71. The average molecular weight is 238 g/mol. The van der Waals surface area contributed by atoms with E-state index >= 15 is 0 Å². The Bertz CT molecular complexity index is 385. The predicted octanol–water partition coefficient (Wildman–Crippen LogP) is 1.23. The topological polar surface area (TPSA) is 63.6 Å². The van der Waals surface area contributed by atoms with Crippen molar-refractivity contribution in [2.24, 2.45) is 11.8 Å². The van der Waals surface area contributed by atoms with E-state index in [9.17, 15) is 14.7 Å². The lowest BCUT2D eigenvalue weighted by Crippen LogP contribution is -2.47. The van der Waals surface area contributed by atoms with Crippen LogP contribution < -0.4 is 0 Å². The summed E-state index contributed by atoms with van der Waals surface area (Å²) in [6.07, 6.45) is 4.67. The lowest BCUT2D eigenvalue weighted by atomic mass is 9.70. The van der Waals surface area contributed by atoms with Crippen molar-refractivity contribution in [3.63, 3.8) is 0 Å². The Morgan fingerprint density at radius 2 is 2.24 bits per heavy atom. The van der Waals surface area contributed by atoms with Crippen LogP contribution in [0.25, 0.3) is 0 Å². The molecule has 3 rings (SSSR count). The lowest BCUT2D eigenvalue weighted by molar-refractivity contribution is -0.142. The van der Waals surface area contributed by atoms with Crippen molar-refractivity contribution in [3.05, 3.63) is 11.6 Å². The first-order valence-electron chi connectivity index (χ1n) is 6.02. The fourth-order valence-electron chi connectivity index (χ4n) is 3.13. The van der Waals surface area contributed by atoms with E-state index in [1.807, 2.05) is 0 Å². The summed E-state index contributed by atoms with van der Waals surface area (Å²) in [5, 5.41) is 10.7. The maximum absolute atomic E-state index is 11.7. The number of carbonyl (C=O) groups is 2. The number of hydrogen-bond acceptors (Lipinski definition) is 4. The highest BCUT2D eigenvalue weighted by Gasteiger charge is 2.50. The Morgan fingerprint density at radius 3 is 2.82 bits per heavy atom. The Labute approximate surface area is 101 Å². The smallest absolute Gasteiger partial charge is 0.336 e. The number of fused-ring (bicyclic) bond motifs is 3. The first kappa shape index (κ1) is 12.3. The number of hydrogen-bond donors (Lipinski definition) is 1. The monoisotopic (exact) mass is 238 g/mol. The van der Waals surface area contributed by atoms with Crippen LogP contribution in [0.3, 0.4) is 0 Å². The van der Waals surface area contributed by atoms with E-state index in [1.165, 1.54) is 14.0 Å². The van der Waals surface area contributed by atoms with Crippen LogP contribution in [0.4, 0.5) is 0 Å². The van der Waals surface area contributed by atoms with E-state index < -0.39 is 17.5 Å². The number of esters is 1. The SMILES string of the molecule is COC(=O)C1=C[C@@H]2CCC[C@@]1(O)C(C(C)=O)C2. The summed E-state index contributed by atoms with van der Waals surface area (Å²) in [5.74, 6) is -0.811. The van der Waals surface area contributed by atoms with Gasteiger partial charge in [0.25, 0.3) is 0 Å². The molecule has 3 aliphatic rings. The van der Waals surface area contributed by atoms with Crippen LogP contribution in [-0.4, -0.2) is 29.6 Å². The molecule has 0 aromatic carbocycles. The van der Waals surface area contributed by atoms with Gasteiger partial charge in [0.05, 0.1) is 18.6 Å². The molecule has 3 atom stereocenters. The van der Waals surface area contributed by atoms with Crippen molar-refractivity contribution >= 4 is 11.8 Å². The second kappa shape index (κ2) is 4.26. The van der Waals surface area contributed by atoms with Crippen molar-refractivity contribution < 1.29 is 19.4 Å². The zero-order chi connectivity index (χ0) is 12.6. The highest BCUT2D eigenvalue weighted by Crippen LogP contribution is 2.46. The Kier molecular flexibility index (Phi) is 3.08. The molecule has 0 aromatic heterocycles. The molecule has 17 heavy (non-hydrogen) atoms.